The van der Waals surface area contributed by atoms with Crippen LogP contribution in [0.2, 0.25) is 0 Å². The van der Waals surface area contributed by atoms with Crippen LogP contribution >= 0.6 is 24.8 Å². The minimum absolute atomic E-state index is 0. The number of nitrogens with zero attached hydrogens (tertiary/aromatic N) is 2. The van der Waals surface area contributed by atoms with Crippen molar-refractivity contribution in [1.82, 2.24) is 15.3 Å². The highest BCUT2D eigenvalue weighted by atomic mass is 35.5. The molecule has 0 aliphatic heterocycles. The highest BCUT2D eigenvalue weighted by Crippen LogP contribution is 2.23. The number of amides is 1. The molecule has 3 N–H and O–H groups in total. The molecule has 0 radical (unpaired) electrons. The Balaban J connectivity index is 0.00000132. The maximum absolute atomic E-state index is 12.4. The van der Waals surface area contributed by atoms with Gasteiger partial charge in [-0.15, -0.1) is 24.8 Å². The van der Waals surface area contributed by atoms with Crippen LogP contribution in [0.4, 0.5) is 0 Å². The van der Waals surface area contributed by atoms with Crippen LogP contribution in [-0.4, -0.2) is 28.5 Å². The fourth-order valence-electron chi connectivity index (χ4n) is 2.99. The van der Waals surface area contributed by atoms with Gasteiger partial charge in [0.1, 0.15) is 5.69 Å². The largest absolute Gasteiger partial charge is 0.348 e. The van der Waals surface area contributed by atoms with Crippen molar-refractivity contribution in [2.75, 3.05) is 6.54 Å². The van der Waals surface area contributed by atoms with Crippen LogP contribution in [0.15, 0.2) is 30.5 Å². The predicted octanol–water partition coefficient (Wildman–Crippen LogP) is 2.72. The Morgan fingerprint density at radius 3 is 2.61 bits per heavy atom. The van der Waals surface area contributed by atoms with Crippen LogP contribution in [0.5, 0.6) is 0 Å². The molecule has 1 amide bonds. The van der Waals surface area contributed by atoms with Crippen LogP contribution in [0, 0.1) is 5.92 Å². The second kappa shape index (κ2) is 9.01. The normalized spacial score (nSPS) is 20.2. The van der Waals surface area contributed by atoms with Crippen LogP contribution in [0.1, 0.15) is 36.2 Å². The molecule has 1 heterocycles. The van der Waals surface area contributed by atoms with Gasteiger partial charge in [0.25, 0.3) is 5.91 Å². The van der Waals surface area contributed by atoms with Gasteiger partial charge >= 0.3 is 0 Å². The van der Waals surface area contributed by atoms with Gasteiger partial charge in [0, 0.05) is 6.04 Å². The summed E-state index contributed by atoms with van der Waals surface area (Å²) < 4.78 is 0. The molecule has 2 atom stereocenters. The summed E-state index contributed by atoms with van der Waals surface area (Å²) in [5, 5.41) is 3.08. The van der Waals surface area contributed by atoms with E-state index in [0.717, 1.165) is 30.3 Å². The molecule has 5 nitrogen and oxygen atoms in total. The molecule has 2 unspecified atom stereocenters. The van der Waals surface area contributed by atoms with E-state index in [-0.39, 0.29) is 36.8 Å². The average molecular weight is 357 g/mol. The monoisotopic (exact) mass is 356 g/mol. The zero-order chi connectivity index (χ0) is 14.7. The van der Waals surface area contributed by atoms with Crippen LogP contribution in [-0.2, 0) is 0 Å². The summed E-state index contributed by atoms with van der Waals surface area (Å²) >= 11 is 0. The van der Waals surface area contributed by atoms with Crippen molar-refractivity contribution in [1.29, 1.82) is 0 Å². The molecule has 1 fully saturated rings. The first kappa shape index (κ1) is 19.6. The topological polar surface area (TPSA) is 80.9 Å². The summed E-state index contributed by atoms with van der Waals surface area (Å²) in [5.74, 6) is 0.217. The second-order valence-corrected chi connectivity index (χ2v) is 5.60. The summed E-state index contributed by atoms with van der Waals surface area (Å²) in [6, 6.07) is 7.71. The highest BCUT2D eigenvalue weighted by molar-refractivity contribution is 5.93. The summed E-state index contributed by atoms with van der Waals surface area (Å²) in [4.78, 5) is 21.0. The number of benzene rings is 1. The Bertz CT molecular complexity index is 653. The molecular weight excluding hydrogens is 335 g/mol. The third-order valence-electron chi connectivity index (χ3n) is 4.21. The number of hydrogen-bond donors (Lipinski definition) is 2. The van der Waals surface area contributed by atoms with Gasteiger partial charge in [-0.1, -0.05) is 25.0 Å². The Labute approximate surface area is 148 Å². The maximum atomic E-state index is 12.4. The Morgan fingerprint density at radius 1 is 1.17 bits per heavy atom. The molecule has 0 saturated heterocycles. The van der Waals surface area contributed by atoms with Gasteiger partial charge < -0.3 is 11.1 Å². The molecule has 1 aliphatic rings. The van der Waals surface area contributed by atoms with Gasteiger partial charge in [-0.3, -0.25) is 9.78 Å². The van der Waals surface area contributed by atoms with E-state index in [9.17, 15) is 4.79 Å². The molecule has 23 heavy (non-hydrogen) atoms. The summed E-state index contributed by atoms with van der Waals surface area (Å²) in [5.41, 5.74) is 7.71. The van der Waals surface area contributed by atoms with E-state index in [1.54, 1.807) is 0 Å². The third kappa shape index (κ3) is 4.53. The average Bonchev–Trinajstić information content (AvgIpc) is 2.55. The molecule has 126 valence electrons. The van der Waals surface area contributed by atoms with Gasteiger partial charge in [-0.25, -0.2) is 4.98 Å². The molecule has 7 heteroatoms. The number of rotatable bonds is 3. The number of halogens is 2. The van der Waals surface area contributed by atoms with Crippen molar-refractivity contribution in [3.05, 3.63) is 36.2 Å². The Hall–Kier alpha value is -1.43. The van der Waals surface area contributed by atoms with E-state index >= 15 is 0 Å². The lowest BCUT2D eigenvalue weighted by Gasteiger charge is -2.31. The zero-order valence-corrected chi connectivity index (χ0v) is 14.4. The summed E-state index contributed by atoms with van der Waals surface area (Å²) in [6.45, 7) is 0.619. The molecule has 1 aliphatic carbocycles. The first-order valence-corrected chi connectivity index (χ1v) is 7.50. The molecule has 1 saturated carbocycles. The second-order valence-electron chi connectivity index (χ2n) is 5.60. The van der Waals surface area contributed by atoms with Crippen molar-refractivity contribution < 1.29 is 4.79 Å². The first-order chi connectivity index (χ1) is 10.3. The molecule has 2 aromatic rings. The van der Waals surface area contributed by atoms with Crippen molar-refractivity contribution in [2.45, 2.75) is 31.7 Å². The molecule has 1 aromatic heterocycles. The lowest BCUT2D eigenvalue weighted by molar-refractivity contribution is 0.0903. The number of fused-ring (bicyclic) bond motifs is 1. The fourth-order valence-corrected chi connectivity index (χ4v) is 2.99. The van der Waals surface area contributed by atoms with Crippen molar-refractivity contribution in [3.8, 4) is 0 Å². The fraction of sp³-hybridized carbons (Fsp3) is 0.438. The van der Waals surface area contributed by atoms with Crippen LogP contribution < -0.4 is 11.1 Å². The first-order valence-electron chi connectivity index (χ1n) is 7.50. The van der Waals surface area contributed by atoms with E-state index in [1.165, 1.54) is 12.6 Å². The number of hydrogen-bond acceptors (Lipinski definition) is 4. The Kier molecular flexibility index (Phi) is 7.68. The number of nitrogens with one attached hydrogen (secondary N) is 1. The molecular formula is C16H22Cl2N4O. The number of aromatic nitrogens is 2. The van der Waals surface area contributed by atoms with Crippen molar-refractivity contribution in [2.24, 2.45) is 11.7 Å². The van der Waals surface area contributed by atoms with E-state index in [4.69, 9.17) is 5.73 Å². The lowest BCUT2D eigenvalue weighted by atomic mass is 9.84. The minimum Gasteiger partial charge on any atom is -0.348 e. The molecule has 1 aromatic carbocycles. The summed E-state index contributed by atoms with van der Waals surface area (Å²) in [6.07, 6.45) is 5.96. The molecule has 0 spiro atoms. The van der Waals surface area contributed by atoms with Gasteiger partial charge in [0.05, 0.1) is 17.2 Å². The number of nitrogens with two attached hydrogens (primary N) is 1. The predicted molar refractivity (Wildman–Crippen MR) is 96.3 cm³/mol. The van der Waals surface area contributed by atoms with Gasteiger partial charge in [0.15, 0.2) is 0 Å². The van der Waals surface area contributed by atoms with Gasteiger partial charge in [0.2, 0.25) is 0 Å². The Morgan fingerprint density at radius 2 is 1.87 bits per heavy atom. The van der Waals surface area contributed by atoms with Crippen LogP contribution in [0.3, 0.4) is 0 Å². The van der Waals surface area contributed by atoms with E-state index < -0.39 is 0 Å². The zero-order valence-electron chi connectivity index (χ0n) is 12.8. The van der Waals surface area contributed by atoms with Crippen LogP contribution in [0.25, 0.3) is 11.0 Å². The van der Waals surface area contributed by atoms with E-state index in [2.05, 4.69) is 15.3 Å². The van der Waals surface area contributed by atoms with Gasteiger partial charge in [-0.2, -0.15) is 0 Å². The van der Waals surface area contributed by atoms with Crippen molar-refractivity contribution in [3.63, 3.8) is 0 Å². The highest BCUT2D eigenvalue weighted by Gasteiger charge is 2.26. The number of carbonyl (C=O) groups excluding carboxylic acids is 1. The maximum Gasteiger partial charge on any atom is 0.271 e. The SMILES string of the molecule is Cl.Cl.NCC1CCCCC1NC(=O)c1cnc2ccccc2n1. The number of carbonyl (C=O) groups is 1. The molecule has 0 bridgehead atoms. The third-order valence-corrected chi connectivity index (χ3v) is 4.21. The van der Waals surface area contributed by atoms with E-state index in [0.29, 0.717) is 18.2 Å². The lowest BCUT2D eigenvalue weighted by Crippen LogP contribution is -2.44. The smallest absolute Gasteiger partial charge is 0.271 e. The van der Waals surface area contributed by atoms with E-state index in [1.807, 2.05) is 24.3 Å². The quantitative estimate of drug-likeness (QED) is 0.885. The molecule has 3 rings (SSSR count). The van der Waals surface area contributed by atoms with Crippen molar-refractivity contribution >= 4 is 41.8 Å². The summed E-state index contributed by atoms with van der Waals surface area (Å²) in [7, 11) is 0. The van der Waals surface area contributed by atoms with Gasteiger partial charge in [-0.05, 0) is 37.4 Å². The minimum atomic E-state index is -0.154. The number of para-hydroxylation sites is 2. The standard InChI is InChI=1S/C16H20N4O.2ClH/c17-9-11-5-1-2-6-12(11)20-16(21)15-10-18-13-7-3-4-8-14(13)19-15;;/h3-4,7-8,10-12H,1-2,5-6,9,17H2,(H,20,21);2*1H.